The summed E-state index contributed by atoms with van der Waals surface area (Å²) >= 11 is 0. The van der Waals surface area contributed by atoms with Crippen molar-refractivity contribution < 1.29 is 14.4 Å². The number of ether oxygens (including phenoxy) is 1. The number of aromatic nitrogens is 1. The van der Waals surface area contributed by atoms with Gasteiger partial charge in [-0.25, -0.2) is 0 Å². The molecular formula is C26H39N3O3. The van der Waals surface area contributed by atoms with Gasteiger partial charge in [-0.2, -0.15) is 0 Å². The molecule has 1 aromatic carbocycles. The number of rotatable bonds is 11. The Morgan fingerprint density at radius 1 is 1.16 bits per heavy atom. The standard InChI is InChI=1S/C26H39N3O3/c1-19(2)31-18-23(30)16-28(15-21-9-10-21)17-24-25(22-7-5-4-6-8-22)27-32-26(24)29-13-11-20(3)12-14-29/h4-8,19-21,23,30H,9-18H2,1-3H3. The van der Waals surface area contributed by atoms with Crippen LogP contribution in [0.2, 0.25) is 0 Å². The minimum atomic E-state index is -0.504. The van der Waals surface area contributed by atoms with Gasteiger partial charge in [0.25, 0.3) is 0 Å². The first-order valence-corrected chi connectivity index (χ1v) is 12.3. The van der Waals surface area contributed by atoms with Gasteiger partial charge in [0.05, 0.1) is 24.4 Å². The fourth-order valence-corrected chi connectivity index (χ4v) is 4.47. The molecular weight excluding hydrogens is 402 g/mol. The summed E-state index contributed by atoms with van der Waals surface area (Å²) in [5.41, 5.74) is 3.15. The van der Waals surface area contributed by atoms with Crippen LogP contribution in [0.1, 0.15) is 52.0 Å². The summed E-state index contributed by atoms with van der Waals surface area (Å²) in [5.74, 6) is 2.39. The van der Waals surface area contributed by atoms with E-state index in [2.05, 4.69) is 34.0 Å². The zero-order valence-corrected chi connectivity index (χ0v) is 19.9. The topological polar surface area (TPSA) is 62.0 Å². The molecule has 1 aliphatic carbocycles. The van der Waals surface area contributed by atoms with Crippen molar-refractivity contribution in [1.82, 2.24) is 10.1 Å². The van der Waals surface area contributed by atoms with Crippen molar-refractivity contribution in [1.29, 1.82) is 0 Å². The number of aliphatic hydroxyl groups excluding tert-OH is 1. The van der Waals surface area contributed by atoms with Gasteiger partial charge < -0.3 is 19.3 Å². The Balaban J connectivity index is 1.57. The summed E-state index contributed by atoms with van der Waals surface area (Å²) in [5, 5.41) is 15.2. The first-order chi connectivity index (χ1) is 15.5. The normalized spacial score (nSPS) is 18.6. The lowest BCUT2D eigenvalue weighted by Gasteiger charge is -2.31. The molecule has 6 heteroatoms. The van der Waals surface area contributed by atoms with Gasteiger partial charge >= 0.3 is 0 Å². The summed E-state index contributed by atoms with van der Waals surface area (Å²) in [4.78, 5) is 4.74. The van der Waals surface area contributed by atoms with Crippen molar-refractivity contribution in [2.75, 3.05) is 37.7 Å². The van der Waals surface area contributed by atoms with Crippen molar-refractivity contribution in [2.24, 2.45) is 11.8 Å². The molecule has 2 aliphatic rings. The highest BCUT2D eigenvalue weighted by atomic mass is 16.5. The Morgan fingerprint density at radius 2 is 1.88 bits per heavy atom. The van der Waals surface area contributed by atoms with Crippen molar-refractivity contribution >= 4 is 5.88 Å². The van der Waals surface area contributed by atoms with Crippen molar-refractivity contribution in [3.8, 4) is 11.3 Å². The second kappa shape index (κ2) is 10.8. The number of piperidine rings is 1. The van der Waals surface area contributed by atoms with Crippen LogP contribution in [0.5, 0.6) is 0 Å². The number of hydrogen-bond acceptors (Lipinski definition) is 6. The van der Waals surface area contributed by atoms with Crippen molar-refractivity contribution in [2.45, 2.75) is 65.2 Å². The minimum absolute atomic E-state index is 0.123. The highest BCUT2D eigenvalue weighted by molar-refractivity contribution is 5.68. The first kappa shape index (κ1) is 23.3. The molecule has 0 bridgehead atoms. The van der Waals surface area contributed by atoms with Gasteiger partial charge in [0.15, 0.2) is 0 Å². The van der Waals surface area contributed by atoms with Crippen molar-refractivity contribution in [3.05, 3.63) is 35.9 Å². The van der Waals surface area contributed by atoms with E-state index in [4.69, 9.17) is 9.26 Å². The van der Waals surface area contributed by atoms with Crippen molar-refractivity contribution in [3.63, 3.8) is 0 Å². The molecule has 1 unspecified atom stereocenters. The number of anilines is 1. The molecule has 0 amide bonds. The predicted molar refractivity (Wildman–Crippen MR) is 128 cm³/mol. The Labute approximate surface area is 192 Å². The molecule has 1 atom stereocenters. The van der Waals surface area contributed by atoms with Gasteiger partial charge in [-0.15, -0.1) is 0 Å². The molecule has 2 heterocycles. The van der Waals surface area contributed by atoms with E-state index < -0.39 is 6.10 Å². The van der Waals surface area contributed by atoms with Gasteiger partial charge in [0, 0.05) is 38.3 Å². The molecule has 176 valence electrons. The first-order valence-electron chi connectivity index (χ1n) is 12.3. The third kappa shape index (κ3) is 6.33. The summed E-state index contributed by atoms with van der Waals surface area (Å²) in [7, 11) is 0. The number of hydrogen-bond donors (Lipinski definition) is 1. The van der Waals surface area contributed by atoms with E-state index in [9.17, 15) is 5.11 Å². The largest absolute Gasteiger partial charge is 0.389 e. The molecule has 2 fully saturated rings. The maximum absolute atomic E-state index is 10.6. The van der Waals surface area contributed by atoms with Gasteiger partial charge in [-0.3, -0.25) is 4.90 Å². The molecule has 4 rings (SSSR count). The molecule has 0 radical (unpaired) electrons. The monoisotopic (exact) mass is 441 g/mol. The third-order valence-electron chi connectivity index (χ3n) is 6.57. The molecule has 1 saturated carbocycles. The average Bonchev–Trinajstić information content (AvgIpc) is 3.50. The van der Waals surface area contributed by atoms with Crippen LogP contribution in [-0.4, -0.2) is 60.2 Å². The third-order valence-corrected chi connectivity index (χ3v) is 6.57. The summed E-state index contributed by atoms with van der Waals surface area (Å²) in [6.45, 7) is 11.0. The van der Waals surface area contributed by atoms with E-state index in [1.165, 1.54) is 25.7 Å². The molecule has 1 aromatic heterocycles. The number of benzene rings is 1. The molecule has 1 aliphatic heterocycles. The second-order valence-electron chi connectivity index (χ2n) is 10.0. The highest BCUT2D eigenvalue weighted by Gasteiger charge is 2.30. The summed E-state index contributed by atoms with van der Waals surface area (Å²) in [6, 6.07) is 10.3. The van der Waals surface area contributed by atoms with Crippen LogP contribution in [0.25, 0.3) is 11.3 Å². The van der Waals surface area contributed by atoms with E-state index in [1.54, 1.807) is 0 Å². The minimum Gasteiger partial charge on any atom is -0.389 e. The maximum atomic E-state index is 10.6. The zero-order valence-electron chi connectivity index (χ0n) is 19.9. The Morgan fingerprint density at radius 3 is 2.53 bits per heavy atom. The smallest absolute Gasteiger partial charge is 0.232 e. The van der Waals surface area contributed by atoms with E-state index in [1.807, 2.05) is 32.0 Å². The average molecular weight is 442 g/mol. The predicted octanol–water partition coefficient (Wildman–Crippen LogP) is 4.58. The van der Waals surface area contributed by atoms with Crippen LogP contribution >= 0.6 is 0 Å². The van der Waals surface area contributed by atoms with E-state index in [0.29, 0.717) is 13.2 Å². The van der Waals surface area contributed by atoms with E-state index >= 15 is 0 Å². The quantitative estimate of drug-likeness (QED) is 0.551. The second-order valence-corrected chi connectivity index (χ2v) is 10.0. The maximum Gasteiger partial charge on any atom is 0.232 e. The summed E-state index contributed by atoms with van der Waals surface area (Å²) < 4.78 is 11.7. The number of aliphatic hydroxyl groups is 1. The van der Waals surface area contributed by atoms with Gasteiger partial charge in [0.1, 0.15) is 5.69 Å². The molecule has 2 aromatic rings. The van der Waals surface area contributed by atoms with Crippen LogP contribution < -0.4 is 4.90 Å². The van der Waals surface area contributed by atoms with Crippen LogP contribution in [0.3, 0.4) is 0 Å². The SMILES string of the molecule is CC1CCN(c2onc(-c3ccccc3)c2CN(CC(O)COC(C)C)CC2CC2)CC1. The van der Waals surface area contributed by atoms with Gasteiger partial charge in [-0.05, 0) is 51.4 Å². The van der Waals surface area contributed by atoms with E-state index in [-0.39, 0.29) is 6.10 Å². The van der Waals surface area contributed by atoms with Crippen LogP contribution in [0.15, 0.2) is 34.9 Å². The summed E-state index contributed by atoms with van der Waals surface area (Å²) in [6.07, 6.45) is 4.53. The van der Waals surface area contributed by atoms with Crippen LogP contribution in [-0.2, 0) is 11.3 Å². The highest BCUT2D eigenvalue weighted by Crippen LogP contribution is 2.36. The lowest BCUT2D eigenvalue weighted by Crippen LogP contribution is -2.37. The Hall–Kier alpha value is -1.89. The lowest BCUT2D eigenvalue weighted by molar-refractivity contribution is -0.0100. The fraction of sp³-hybridized carbons (Fsp3) is 0.654. The number of nitrogens with zero attached hydrogens (tertiary/aromatic N) is 3. The van der Waals surface area contributed by atoms with Gasteiger partial charge in [0.2, 0.25) is 5.88 Å². The Kier molecular flexibility index (Phi) is 7.87. The molecule has 32 heavy (non-hydrogen) atoms. The molecule has 0 spiro atoms. The lowest BCUT2D eigenvalue weighted by atomic mass is 9.98. The van der Waals surface area contributed by atoms with Crippen LogP contribution in [0.4, 0.5) is 5.88 Å². The fourth-order valence-electron chi connectivity index (χ4n) is 4.47. The molecule has 1 N–H and O–H groups in total. The zero-order chi connectivity index (χ0) is 22.5. The molecule has 1 saturated heterocycles. The Bertz CT molecular complexity index is 826. The van der Waals surface area contributed by atoms with Crippen LogP contribution in [0, 0.1) is 11.8 Å². The molecule has 6 nitrogen and oxygen atoms in total. The van der Waals surface area contributed by atoms with E-state index in [0.717, 1.165) is 60.7 Å². The van der Waals surface area contributed by atoms with Gasteiger partial charge in [-0.1, -0.05) is 42.4 Å².